The van der Waals surface area contributed by atoms with Crippen molar-refractivity contribution in [2.75, 3.05) is 5.32 Å². The van der Waals surface area contributed by atoms with Crippen LogP contribution in [0.3, 0.4) is 0 Å². The highest BCUT2D eigenvalue weighted by Gasteiger charge is 2.39. The van der Waals surface area contributed by atoms with Crippen molar-refractivity contribution < 1.29 is 14.6 Å². The monoisotopic (exact) mass is 424 g/mol. The molecule has 0 spiro atoms. The zero-order valence-corrected chi connectivity index (χ0v) is 17.6. The molecule has 156 valence electrons. The first-order valence-corrected chi connectivity index (χ1v) is 11.2. The van der Waals surface area contributed by atoms with E-state index in [0.29, 0.717) is 23.5 Å². The first-order chi connectivity index (χ1) is 14.6. The number of hydrogen-bond acceptors (Lipinski definition) is 7. The molecule has 2 aliphatic rings. The number of aliphatic hydroxyl groups is 1. The van der Waals surface area contributed by atoms with Crippen molar-refractivity contribution >= 4 is 32.6 Å². The van der Waals surface area contributed by atoms with Crippen LogP contribution in [0.25, 0.3) is 21.3 Å². The number of aromatic nitrogens is 3. The topological polar surface area (TPSA) is 97.2 Å². The summed E-state index contributed by atoms with van der Waals surface area (Å²) in [4.78, 5) is 25.5. The summed E-state index contributed by atoms with van der Waals surface area (Å²) in [6.07, 6.45) is 6.73. The number of carbonyl (C=O) groups excluding carboxylic acids is 1. The van der Waals surface area contributed by atoms with E-state index in [1.807, 2.05) is 18.2 Å². The minimum absolute atomic E-state index is 0.0677. The van der Waals surface area contributed by atoms with Gasteiger partial charge in [-0.1, -0.05) is 24.3 Å². The molecule has 0 bridgehead atoms. The number of fused-ring (bicyclic) bond motifs is 1. The second-order valence-electron chi connectivity index (χ2n) is 8.25. The van der Waals surface area contributed by atoms with Gasteiger partial charge in [0, 0.05) is 23.9 Å². The highest BCUT2D eigenvalue weighted by Crippen LogP contribution is 2.39. The van der Waals surface area contributed by atoms with Crippen molar-refractivity contribution in [3.63, 3.8) is 0 Å². The number of nitrogens with zero attached hydrogens (tertiary/aromatic N) is 3. The zero-order valence-electron chi connectivity index (χ0n) is 16.7. The molecule has 0 aliphatic heterocycles. The summed E-state index contributed by atoms with van der Waals surface area (Å²) < 4.78 is 6.76. The summed E-state index contributed by atoms with van der Waals surface area (Å²) in [7, 11) is 0. The molecular weight excluding hydrogens is 400 g/mol. The maximum absolute atomic E-state index is 12.2. The lowest BCUT2D eigenvalue weighted by molar-refractivity contribution is -0.117. The second kappa shape index (κ2) is 8.02. The van der Waals surface area contributed by atoms with Gasteiger partial charge in [0.25, 0.3) is 0 Å². The summed E-state index contributed by atoms with van der Waals surface area (Å²) >= 11 is 1.48. The largest absolute Gasteiger partial charge is 0.390 e. The quantitative estimate of drug-likeness (QED) is 0.625. The Labute approximate surface area is 178 Å². The van der Waals surface area contributed by atoms with Gasteiger partial charge in [-0.25, -0.2) is 15.0 Å². The third kappa shape index (κ3) is 4.08. The van der Waals surface area contributed by atoms with Crippen molar-refractivity contribution in [2.45, 2.75) is 51.4 Å². The molecule has 2 saturated carbocycles. The number of rotatable bonds is 6. The van der Waals surface area contributed by atoms with Crippen LogP contribution in [0.1, 0.15) is 38.4 Å². The lowest BCUT2D eigenvalue weighted by atomic mass is 10.1. The van der Waals surface area contributed by atoms with E-state index in [4.69, 9.17) is 4.74 Å². The van der Waals surface area contributed by atoms with Crippen molar-refractivity contribution in [1.82, 2.24) is 15.0 Å². The van der Waals surface area contributed by atoms with E-state index >= 15 is 0 Å². The van der Waals surface area contributed by atoms with E-state index in [-0.39, 0.29) is 24.0 Å². The van der Waals surface area contributed by atoms with Crippen LogP contribution < -0.4 is 5.32 Å². The fourth-order valence-corrected chi connectivity index (χ4v) is 4.81. The lowest BCUT2D eigenvalue weighted by Gasteiger charge is -2.14. The Morgan fingerprint density at radius 3 is 2.77 bits per heavy atom. The van der Waals surface area contributed by atoms with E-state index in [1.165, 1.54) is 11.3 Å². The van der Waals surface area contributed by atoms with Crippen LogP contribution in [0, 0.1) is 11.8 Å². The van der Waals surface area contributed by atoms with Crippen molar-refractivity contribution in [3.05, 3.63) is 36.4 Å². The van der Waals surface area contributed by atoms with Crippen LogP contribution in [0.4, 0.5) is 5.13 Å². The van der Waals surface area contributed by atoms with Gasteiger partial charge in [0.1, 0.15) is 6.61 Å². The van der Waals surface area contributed by atoms with Gasteiger partial charge < -0.3 is 15.2 Å². The third-order valence-electron chi connectivity index (χ3n) is 5.95. The van der Waals surface area contributed by atoms with E-state index in [0.717, 1.165) is 47.0 Å². The maximum atomic E-state index is 12.2. The number of benzene rings is 1. The number of amides is 1. The minimum atomic E-state index is -0.377. The van der Waals surface area contributed by atoms with Gasteiger partial charge in [-0.15, -0.1) is 0 Å². The predicted octanol–water partition coefficient (Wildman–Crippen LogP) is 3.78. The molecule has 3 aromatic rings. The summed E-state index contributed by atoms with van der Waals surface area (Å²) in [5.74, 6) is 1.28. The standard InChI is InChI=1S/C22H24N4O3S/c1-12-7-15(12)21(28)26-22-25-16-6-5-13(8-19(16)30-22)14-9-23-20(24-10-14)11-29-18-4-2-3-17(18)27/h5-6,8-10,12,15,17-18,27H,2-4,7,11H2,1H3,(H,25,26,28)/t12?,15?,17-,18-/m0/s1. The molecule has 0 radical (unpaired) electrons. The molecule has 1 aromatic carbocycles. The molecule has 7 nitrogen and oxygen atoms in total. The Kier molecular flexibility index (Phi) is 5.22. The smallest absolute Gasteiger partial charge is 0.229 e. The number of ether oxygens (including phenoxy) is 1. The summed E-state index contributed by atoms with van der Waals surface area (Å²) in [5, 5.41) is 13.4. The Morgan fingerprint density at radius 2 is 2.07 bits per heavy atom. The zero-order chi connectivity index (χ0) is 20.7. The highest BCUT2D eigenvalue weighted by molar-refractivity contribution is 7.22. The molecule has 2 unspecified atom stereocenters. The van der Waals surface area contributed by atoms with Gasteiger partial charge in [0.2, 0.25) is 5.91 Å². The van der Waals surface area contributed by atoms with Crippen LogP contribution in [-0.4, -0.2) is 38.2 Å². The second-order valence-corrected chi connectivity index (χ2v) is 9.28. The average molecular weight is 425 g/mol. The Bertz CT molecular complexity index is 1070. The van der Waals surface area contributed by atoms with Crippen LogP contribution in [0.2, 0.25) is 0 Å². The first-order valence-electron chi connectivity index (χ1n) is 10.4. The SMILES string of the molecule is CC1CC1C(=O)Nc1nc2ccc(-c3cnc(CO[C@H]4CCC[C@@H]4O)nc3)cc2s1. The third-order valence-corrected chi connectivity index (χ3v) is 6.88. The van der Waals surface area contributed by atoms with E-state index in [1.54, 1.807) is 12.4 Å². The Morgan fingerprint density at radius 1 is 1.27 bits per heavy atom. The van der Waals surface area contributed by atoms with Crippen LogP contribution in [0.5, 0.6) is 0 Å². The molecule has 8 heteroatoms. The van der Waals surface area contributed by atoms with E-state index in [2.05, 4.69) is 27.2 Å². The fourth-order valence-electron chi connectivity index (χ4n) is 3.90. The summed E-state index contributed by atoms with van der Waals surface area (Å²) in [6.45, 7) is 2.39. The number of thiazole rings is 1. The van der Waals surface area contributed by atoms with Crippen LogP contribution >= 0.6 is 11.3 Å². The molecule has 2 fully saturated rings. The van der Waals surface area contributed by atoms with Gasteiger partial charge in [-0.3, -0.25) is 4.79 Å². The number of aliphatic hydroxyl groups excluding tert-OH is 1. The van der Waals surface area contributed by atoms with Gasteiger partial charge in [0.15, 0.2) is 11.0 Å². The van der Waals surface area contributed by atoms with Gasteiger partial charge >= 0.3 is 0 Å². The first kappa shape index (κ1) is 19.5. The van der Waals surface area contributed by atoms with Crippen molar-refractivity contribution in [3.8, 4) is 11.1 Å². The van der Waals surface area contributed by atoms with Crippen LogP contribution in [-0.2, 0) is 16.1 Å². The molecular formula is C22H24N4O3S. The highest BCUT2D eigenvalue weighted by atomic mass is 32.1. The number of anilines is 1. The summed E-state index contributed by atoms with van der Waals surface area (Å²) in [6, 6.07) is 5.99. The van der Waals surface area contributed by atoms with E-state index in [9.17, 15) is 9.90 Å². The number of hydrogen-bond donors (Lipinski definition) is 2. The van der Waals surface area contributed by atoms with E-state index < -0.39 is 0 Å². The molecule has 2 aliphatic carbocycles. The lowest BCUT2D eigenvalue weighted by Crippen LogP contribution is -2.22. The molecule has 2 N–H and O–H groups in total. The molecule has 2 heterocycles. The van der Waals surface area contributed by atoms with Crippen molar-refractivity contribution in [2.24, 2.45) is 11.8 Å². The number of carbonyl (C=O) groups is 1. The van der Waals surface area contributed by atoms with Crippen LogP contribution in [0.15, 0.2) is 30.6 Å². The van der Waals surface area contributed by atoms with Gasteiger partial charge in [-0.2, -0.15) is 0 Å². The molecule has 0 saturated heterocycles. The Hall–Kier alpha value is -2.42. The van der Waals surface area contributed by atoms with Gasteiger partial charge in [0.05, 0.1) is 22.4 Å². The average Bonchev–Trinajstić information content (AvgIpc) is 3.14. The molecule has 2 aromatic heterocycles. The normalized spacial score (nSPS) is 25.5. The van der Waals surface area contributed by atoms with Crippen molar-refractivity contribution in [1.29, 1.82) is 0 Å². The Balaban J connectivity index is 1.26. The predicted molar refractivity (Wildman–Crippen MR) is 115 cm³/mol. The van der Waals surface area contributed by atoms with Gasteiger partial charge in [-0.05, 0) is 49.3 Å². The number of nitrogens with one attached hydrogen (secondary N) is 1. The molecule has 5 rings (SSSR count). The minimum Gasteiger partial charge on any atom is -0.390 e. The molecule has 30 heavy (non-hydrogen) atoms. The maximum Gasteiger partial charge on any atom is 0.229 e. The molecule has 4 atom stereocenters. The molecule has 1 amide bonds. The fraction of sp³-hybridized carbons (Fsp3) is 0.455. The summed E-state index contributed by atoms with van der Waals surface area (Å²) in [5.41, 5.74) is 2.77.